The SMILES string of the molecule is O=C(Nc1ccc(-c2nc3cnccc3o2)c(O)c1)c1cccc(F)c1. The van der Waals surface area contributed by atoms with Gasteiger partial charge >= 0.3 is 0 Å². The minimum atomic E-state index is -0.499. The van der Waals surface area contributed by atoms with Gasteiger partial charge in [0.15, 0.2) is 5.58 Å². The zero-order valence-electron chi connectivity index (χ0n) is 13.3. The maximum atomic E-state index is 13.2. The van der Waals surface area contributed by atoms with Crippen LogP contribution in [0.3, 0.4) is 0 Å². The van der Waals surface area contributed by atoms with E-state index in [0.717, 1.165) is 6.07 Å². The number of aromatic hydroxyl groups is 1. The summed E-state index contributed by atoms with van der Waals surface area (Å²) in [7, 11) is 0. The summed E-state index contributed by atoms with van der Waals surface area (Å²) in [6.07, 6.45) is 3.15. The van der Waals surface area contributed by atoms with Crippen LogP contribution < -0.4 is 5.32 Å². The first-order chi connectivity index (χ1) is 12.6. The molecule has 0 aliphatic rings. The molecule has 0 saturated carbocycles. The van der Waals surface area contributed by atoms with Crippen molar-refractivity contribution >= 4 is 22.7 Å². The van der Waals surface area contributed by atoms with Crippen LogP contribution in [0.25, 0.3) is 22.6 Å². The van der Waals surface area contributed by atoms with Crippen molar-refractivity contribution in [3.05, 3.63) is 72.3 Å². The lowest BCUT2D eigenvalue weighted by molar-refractivity contribution is 0.102. The molecule has 4 rings (SSSR count). The summed E-state index contributed by atoms with van der Waals surface area (Å²) in [6.45, 7) is 0. The van der Waals surface area contributed by atoms with Gasteiger partial charge in [-0.15, -0.1) is 0 Å². The van der Waals surface area contributed by atoms with Crippen LogP contribution in [-0.2, 0) is 0 Å². The highest BCUT2D eigenvalue weighted by Gasteiger charge is 2.14. The minimum Gasteiger partial charge on any atom is -0.507 e. The van der Waals surface area contributed by atoms with Crippen molar-refractivity contribution < 1.29 is 18.7 Å². The van der Waals surface area contributed by atoms with E-state index < -0.39 is 11.7 Å². The molecule has 0 bridgehead atoms. The van der Waals surface area contributed by atoms with Crippen molar-refractivity contribution in [2.75, 3.05) is 5.32 Å². The van der Waals surface area contributed by atoms with Crippen molar-refractivity contribution in [3.63, 3.8) is 0 Å². The van der Waals surface area contributed by atoms with Crippen molar-refractivity contribution in [2.45, 2.75) is 0 Å². The molecule has 0 aliphatic carbocycles. The Balaban J connectivity index is 1.60. The van der Waals surface area contributed by atoms with Crippen LogP contribution >= 0.6 is 0 Å². The molecule has 2 N–H and O–H groups in total. The molecule has 2 heterocycles. The molecule has 26 heavy (non-hydrogen) atoms. The molecule has 1 amide bonds. The number of benzene rings is 2. The number of rotatable bonds is 3. The highest BCUT2D eigenvalue weighted by molar-refractivity contribution is 6.04. The maximum Gasteiger partial charge on any atom is 0.255 e. The van der Waals surface area contributed by atoms with Gasteiger partial charge in [0.2, 0.25) is 5.89 Å². The number of hydrogen-bond acceptors (Lipinski definition) is 5. The van der Waals surface area contributed by atoms with Gasteiger partial charge in [-0.05, 0) is 30.3 Å². The van der Waals surface area contributed by atoms with Crippen LogP contribution in [-0.4, -0.2) is 21.0 Å². The van der Waals surface area contributed by atoms with Gasteiger partial charge in [0.05, 0.1) is 11.8 Å². The molecule has 6 nitrogen and oxygen atoms in total. The monoisotopic (exact) mass is 349 g/mol. The highest BCUT2D eigenvalue weighted by Crippen LogP contribution is 2.32. The van der Waals surface area contributed by atoms with Gasteiger partial charge in [0, 0.05) is 29.6 Å². The van der Waals surface area contributed by atoms with Gasteiger partial charge in [-0.1, -0.05) is 6.07 Å². The molecule has 0 unspecified atom stereocenters. The number of carbonyl (C=O) groups excluding carboxylic acids is 1. The van der Waals surface area contributed by atoms with Crippen LogP contribution in [0.4, 0.5) is 10.1 Å². The Morgan fingerprint density at radius 1 is 1.15 bits per heavy atom. The van der Waals surface area contributed by atoms with Gasteiger partial charge < -0.3 is 14.8 Å². The van der Waals surface area contributed by atoms with Crippen molar-refractivity contribution in [3.8, 4) is 17.2 Å². The minimum absolute atomic E-state index is 0.110. The van der Waals surface area contributed by atoms with Crippen LogP contribution in [0.2, 0.25) is 0 Å². The summed E-state index contributed by atoms with van der Waals surface area (Å²) in [6, 6.07) is 11.6. The summed E-state index contributed by atoms with van der Waals surface area (Å²) < 4.78 is 18.8. The van der Waals surface area contributed by atoms with E-state index in [9.17, 15) is 14.3 Å². The van der Waals surface area contributed by atoms with Crippen molar-refractivity contribution in [2.24, 2.45) is 0 Å². The van der Waals surface area contributed by atoms with Crippen LogP contribution in [0, 0.1) is 5.82 Å². The Morgan fingerprint density at radius 3 is 2.81 bits per heavy atom. The molecule has 0 spiro atoms. The Kier molecular flexibility index (Phi) is 3.81. The number of nitrogens with zero attached hydrogens (tertiary/aromatic N) is 2. The third kappa shape index (κ3) is 2.98. The predicted octanol–water partition coefficient (Wildman–Crippen LogP) is 3.99. The number of amides is 1. The number of phenols is 1. The summed E-state index contributed by atoms with van der Waals surface area (Å²) in [4.78, 5) is 20.4. The van der Waals surface area contributed by atoms with Crippen LogP contribution in [0.1, 0.15) is 10.4 Å². The molecule has 0 atom stereocenters. The van der Waals surface area contributed by atoms with Crippen LogP contribution in [0.15, 0.2) is 65.3 Å². The molecule has 0 fully saturated rings. The number of nitrogens with one attached hydrogen (secondary N) is 1. The van der Waals surface area contributed by atoms with E-state index >= 15 is 0 Å². The van der Waals surface area contributed by atoms with E-state index in [2.05, 4.69) is 15.3 Å². The first-order valence-electron chi connectivity index (χ1n) is 7.71. The van der Waals surface area contributed by atoms with E-state index in [0.29, 0.717) is 22.4 Å². The first kappa shape index (κ1) is 15.8. The Labute approximate surface area is 146 Å². The van der Waals surface area contributed by atoms with E-state index in [1.807, 2.05) is 0 Å². The number of carbonyl (C=O) groups is 1. The average Bonchev–Trinajstić information content (AvgIpc) is 3.05. The van der Waals surface area contributed by atoms with Gasteiger partial charge in [-0.3, -0.25) is 9.78 Å². The number of hydrogen-bond donors (Lipinski definition) is 2. The number of phenolic OH excluding ortho intramolecular Hbond substituents is 1. The number of pyridine rings is 1. The van der Waals surface area contributed by atoms with Crippen molar-refractivity contribution in [1.29, 1.82) is 0 Å². The first-order valence-corrected chi connectivity index (χ1v) is 7.71. The lowest BCUT2D eigenvalue weighted by Gasteiger charge is -2.07. The normalized spacial score (nSPS) is 10.8. The van der Waals surface area contributed by atoms with E-state index in [-0.39, 0.29) is 17.2 Å². The third-order valence-corrected chi connectivity index (χ3v) is 3.76. The fourth-order valence-corrected chi connectivity index (χ4v) is 2.52. The highest BCUT2D eigenvalue weighted by atomic mass is 19.1. The molecule has 2 aromatic carbocycles. The predicted molar refractivity (Wildman–Crippen MR) is 93.3 cm³/mol. The fourth-order valence-electron chi connectivity index (χ4n) is 2.52. The van der Waals surface area contributed by atoms with E-state index in [4.69, 9.17) is 4.42 Å². The molecular formula is C19H12FN3O3. The molecule has 2 aromatic heterocycles. The zero-order chi connectivity index (χ0) is 18.1. The van der Waals surface area contributed by atoms with Gasteiger partial charge in [-0.25, -0.2) is 9.37 Å². The topological polar surface area (TPSA) is 88.3 Å². The average molecular weight is 349 g/mol. The lowest BCUT2D eigenvalue weighted by Crippen LogP contribution is -2.11. The Morgan fingerprint density at radius 2 is 2.04 bits per heavy atom. The summed E-state index contributed by atoms with van der Waals surface area (Å²) >= 11 is 0. The second-order valence-corrected chi connectivity index (χ2v) is 5.56. The maximum absolute atomic E-state index is 13.2. The largest absolute Gasteiger partial charge is 0.507 e. The molecule has 0 saturated heterocycles. The zero-order valence-corrected chi connectivity index (χ0v) is 13.3. The molecule has 4 aromatic rings. The van der Waals surface area contributed by atoms with Crippen molar-refractivity contribution in [1.82, 2.24) is 9.97 Å². The number of halogens is 1. The number of fused-ring (bicyclic) bond motifs is 1. The van der Waals surface area contributed by atoms with Gasteiger partial charge in [0.1, 0.15) is 17.1 Å². The molecule has 128 valence electrons. The smallest absolute Gasteiger partial charge is 0.255 e. The standard InChI is InChI=1S/C19H12FN3O3/c20-12-3-1-2-11(8-12)18(25)22-13-4-5-14(16(24)9-13)19-23-15-10-21-7-6-17(15)26-19/h1-10,24H,(H,22,25). The van der Waals surface area contributed by atoms with Crippen LogP contribution in [0.5, 0.6) is 5.75 Å². The Bertz CT molecular complexity index is 1090. The molecule has 0 aliphatic heterocycles. The molecule has 0 radical (unpaired) electrons. The number of anilines is 1. The second-order valence-electron chi connectivity index (χ2n) is 5.56. The summed E-state index contributed by atoms with van der Waals surface area (Å²) in [5.41, 5.74) is 2.05. The number of oxazole rings is 1. The van der Waals surface area contributed by atoms with E-state index in [1.54, 1.807) is 30.6 Å². The summed E-state index contributed by atoms with van der Waals surface area (Å²) in [5.74, 6) is -0.846. The molecule has 7 heteroatoms. The van der Waals surface area contributed by atoms with E-state index in [1.165, 1.54) is 24.3 Å². The number of aromatic nitrogens is 2. The lowest BCUT2D eigenvalue weighted by atomic mass is 10.1. The summed E-state index contributed by atoms with van der Waals surface area (Å²) in [5, 5.41) is 12.9. The second kappa shape index (κ2) is 6.29. The van der Waals surface area contributed by atoms with Gasteiger partial charge in [-0.2, -0.15) is 0 Å². The third-order valence-electron chi connectivity index (χ3n) is 3.76. The quantitative estimate of drug-likeness (QED) is 0.584. The molecular weight excluding hydrogens is 337 g/mol. The van der Waals surface area contributed by atoms with Gasteiger partial charge in [0.25, 0.3) is 5.91 Å². The Hall–Kier alpha value is -3.74. The fraction of sp³-hybridized carbons (Fsp3) is 0.